The van der Waals surface area contributed by atoms with Gasteiger partial charge in [-0.3, -0.25) is 14.3 Å². The largest absolute Gasteiger partial charge is 0.298 e. The Morgan fingerprint density at radius 1 is 1.07 bits per heavy atom. The molecule has 0 saturated heterocycles. The Balaban J connectivity index is 1.64. The molecule has 0 aliphatic carbocycles. The first kappa shape index (κ1) is 17.1. The summed E-state index contributed by atoms with van der Waals surface area (Å²) in [6.45, 7) is 4.35. The number of pyridine rings is 1. The molecular weight excluding hydrogens is 362 g/mol. The maximum atomic E-state index is 12.6. The second-order valence-electron chi connectivity index (χ2n) is 5.63. The van der Waals surface area contributed by atoms with Crippen molar-refractivity contribution in [2.24, 2.45) is 0 Å². The fourth-order valence-corrected chi connectivity index (χ4v) is 3.45. The number of benzene rings is 1. The van der Waals surface area contributed by atoms with Gasteiger partial charge in [0.15, 0.2) is 11.0 Å². The number of aromatic nitrogens is 7. The lowest BCUT2D eigenvalue weighted by molar-refractivity contribution is 0.640. The minimum atomic E-state index is -0.183. The molecule has 3 heterocycles. The van der Waals surface area contributed by atoms with Crippen molar-refractivity contribution in [1.82, 2.24) is 34.7 Å². The molecule has 0 N–H and O–H groups in total. The van der Waals surface area contributed by atoms with E-state index in [0.717, 1.165) is 11.4 Å². The molecule has 27 heavy (non-hydrogen) atoms. The third-order valence-corrected chi connectivity index (χ3v) is 4.85. The fourth-order valence-electron chi connectivity index (χ4n) is 2.63. The molecule has 0 aliphatic rings. The second kappa shape index (κ2) is 7.50. The van der Waals surface area contributed by atoms with Gasteiger partial charge in [-0.15, -0.1) is 21.9 Å². The first-order chi connectivity index (χ1) is 13.3. The van der Waals surface area contributed by atoms with Gasteiger partial charge in [0.1, 0.15) is 5.52 Å². The third-order valence-electron chi connectivity index (χ3n) is 3.91. The van der Waals surface area contributed by atoms with Crippen LogP contribution in [0.15, 0.2) is 71.4 Å². The van der Waals surface area contributed by atoms with Crippen LogP contribution in [0, 0.1) is 0 Å². The van der Waals surface area contributed by atoms with Crippen LogP contribution in [-0.2, 0) is 12.4 Å². The number of nitrogens with zero attached hydrogens (tertiary/aromatic N) is 7. The summed E-state index contributed by atoms with van der Waals surface area (Å²) in [6.07, 6.45) is 5.19. The molecular formula is C18H15N7OS. The van der Waals surface area contributed by atoms with Crippen LogP contribution < -0.4 is 5.56 Å². The number of rotatable bonds is 6. The lowest BCUT2D eigenvalue weighted by Crippen LogP contribution is -2.23. The van der Waals surface area contributed by atoms with E-state index in [0.29, 0.717) is 22.6 Å². The van der Waals surface area contributed by atoms with Gasteiger partial charge in [0.05, 0.1) is 11.3 Å². The highest BCUT2D eigenvalue weighted by Gasteiger charge is 2.14. The number of hydrogen-bond acceptors (Lipinski definition) is 7. The van der Waals surface area contributed by atoms with Crippen molar-refractivity contribution in [3.8, 4) is 11.4 Å². The monoisotopic (exact) mass is 377 g/mol. The summed E-state index contributed by atoms with van der Waals surface area (Å²) in [5.41, 5.74) is 1.31. The predicted octanol–water partition coefficient (Wildman–Crippen LogP) is 2.38. The van der Waals surface area contributed by atoms with E-state index in [1.165, 1.54) is 16.4 Å². The molecule has 0 spiro atoms. The third kappa shape index (κ3) is 3.36. The van der Waals surface area contributed by atoms with Crippen LogP contribution in [0.1, 0.15) is 0 Å². The fraction of sp³-hybridized carbons (Fsp3) is 0.111. The quantitative estimate of drug-likeness (QED) is 0.376. The Morgan fingerprint density at radius 3 is 2.70 bits per heavy atom. The topological polar surface area (TPSA) is 91.4 Å². The molecule has 0 saturated carbocycles. The normalized spacial score (nSPS) is 11.0. The van der Waals surface area contributed by atoms with Crippen LogP contribution in [-0.4, -0.2) is 34.7 Å². The Morgan fingerprint density at radius 2 is 1.89 bits per heavy atom. The maximum Gasteiger partial charge on any atom is 0.278 e. The van der Waals surface area contributed by atoms with Crippen LogP contribution in [0.4, 0.5) is 0 Å². The second-order valence-corrected chi connectivity index (χ2v) is 6.54. The van der Waals surface area contributed by atoms with Crippen molar-refractivity contribution in [1.29, 1.82) is 0 Å². The Kier molecular flexibility index (Phi) is 4.75. The zero-order chi connectivity index (χ0) is 18.6. The molecule has 0 amide bonds. The van der Waals surface area contributed by atoms with E-state index in [1.54, 1.807) is 30.6 Å². The summed E-state index contributed by atoms with van der Waals surface area (Å²) >= 11 is 1.36. The van der Waals surface area contributed by atoms with Crippen LogP contribution in [0.3, 0.4) is 0 Å². The van der Waals surface area contributed by atoms with E-state index in [-0.39, 0.29) is 11.4 Å². The summed E-state index contributed by atoms with van der Waals surface area (Å²) in [7, 11) is 0. The zero-order valence-electron chi connectivity index (χ0n) is 14.3. The molecule has 3 aromatic heterocycles. The van der Waals surface area contributed by atoms with Crippen molar-refractivity contribution in [3.05, 3.63) is 71.8 Å². The van der Waals surface area contributed by atoms with E-state index in [9.17, 15) is 4.79 Å². The van der Waals surface area contributed by atoms with Crippen molar-refractivity contribution >= 4 is 22.7 Å². The molecule has 8 nitrogen and oxygen atoms in total. The minimum absolute atomic E-state index is 0.183. The molecule has 4 aromatic rings. The standard InChI is InChI=1S/C18H15N7OS/c1-2-11-24-16(13-7-9-19-10-8-13)21-22-18(24)27-12-25-17(26)14-5-3-4-6-15(14)20-23-25/h2-10H,1,11-12H2. The smallest absolute Gasteiger partial charge is 0.278 e. The Hall–Kier alpha value is -3.33. The van der Waals surface area contributed by atoms with Gasteiger partial charge >= 0.3 is 0 Å². The highest BCUT2D eigenvalue weighted by atomic mass is 32.2. The molecule has 4 rings (SSSR count). The Bertz CT molecular complexity index is 1150. The van der Waals surface area contributed by atoms with Crippen LogP contribution in [0.2, 0.25) is 0 Å². The first-order valence-corrected chi connectivity index (χ1v) is 9.16. The van der Waals surface area contributed by atoms with Crippen molar-refractivity contribution < 1.29 is 0 Å². The van der Waals surface area contributed by atoms with Crippen molar-refractivity contribution in [2.45, 2.75) is 17.6 Å². The molecule has 134 valence electrons. The predicted molar refractivity (Wildman–Crippen MR) is 103 cm³/mol. The molecule has 0 aliphatic heterocycles. The molecule has 9 heteroatoms. The summed E-state index contributed by atoms with van der Waals surface area (Å²) in [6, 6.07) is 10.9. The molecule has 0 atom stereocenters. The molecule has 0 fully saturated rings. The summed E-state index contributed by atoms with van der Waals surface area (Å²) in [4.78, 5) is 16.6. The van der Waals surface area contributed by atoms with Crippen LogP contribution >= 0.6 is 11.8 Å². The molecule has 0 unspecified atom stereocenters. The van der Waals surface area contributed by atoms with Gasteiger partial charge in [0.2, 0.25) is 0 Å². The highest BCUT2D eigenvalue weighted by molar-refractivity contribution is 7.98. The summed E-state index contributed by atoms with van der Waals surface area (Å²) < 4.78 is 3.26. The van der Waals surface area contributed by atoms with E-state index in [1.807, 2.05) is 28.8 Å². The maximum absolute atomic E-state index is 12.6. The summed E-state index contributed by atoms with van der Waals surface area (Å²) in [5.74, 6) is 0.999. The summed E-state index contributed by atoms with van der Waals surface area (Å²) in [5, 5.41) is 17.9. The van der Waals surface area contributed by atoms with Crippen LogP contribution in [0.25, 0.3) is 22.3 Å². The van der Waals surface area contributed by atoms with Gasteiger partial charge in [-0.25, -0.2) is 0 Å². The SMILES string of the molecule is C=CCn1c(SCn2nnc3ccccc3c2=O)nnc1-c1ccncc1. The zero-order valence-corrected chi connectivity index (χ0v) is 15.1. The van der Waals surface area contributed by atoms with Gasteiger partial charge in [0, 0.05) is 24.5 Å². The molecule has 0 radical (unpaired) electrons. The first-order valence-electron chi connectivity index (χ1n) is 8.18. The number of fused-ring (bicyclic) bond motifs is 1. The highest BCUT2D eigenvalue weighted by Crippen LogP contribution is 2.24. The van der Waals surface area contributed by atoms with Crippen LogP contribution in [0.5, 0.6) is 0 Å². The lowest BCUT2D eigenvalue weighted by atomic mass is 10.2. The number of hydrogen-bond donors (Lipinski definition) is 0. The van der Waals surface area contributed by atoms with Crippen molar-refractivity contribution in [2.75, 3.05) is 0 Å². The van der Waals surface area contributed by atoms with Gasteiger partial charge in [-0.2, -0.15) is 4.68 Å². The van der Waals surface area contributed by atoms with Gasteiger partial charge < -0.3 is 0 Å². The number of allylic oxidation sites excluding steroid dienone is 1. The van der Waals surface area contributed by atoms with Gasteiger partial charge in [-0.05, 0) is 24.3 Å². The van der Waals surface area contributed by atoms with E-state index in [2.05, 4.69) is 32.1 Å². The van der Waals surface area contributed by atoms with Gasteiger partial charge in [-0.1, -0.05) is 35.2 Å². The van der Waals surface area contributed by atoms with E-state index in [4.69, 9.17) is 0 Å². The average molecular weight is 377 g/mol. The minimum Gasteiger partial charge on any atom is -0.298 e. The lowest BCUT2D eigenvalue weighted by Gasteiger charge is -2.08. The average Bonchev–Trinajstić information content (AvgIpc) is 3.11. The van der Waals surface area contributed by atoms with Crippen molar-refractivity contribution in [3.63, 3.8) is 0 Å². The molecule has 1 aromatic carbocycles. The van der Waals surface area contributed by atoms with Gasteiger partial charge in [0.25, 0.3) is 5.56 Å². The molecule has 0 bridgehead atoms. The van der Waals surface area contributed by atoms with E-state index >= 15 is 0 Å². The van der Waals surface area contributed by atoms with E-state index < -0.39 is 0 Å². The number of thioether (sulfide) groups is 1. The Labute approximate surface area is 158 Å².